The molecule has 1 aromatic rings. The second kappa shape index (κ2) is 6.57. The second-order valence-corrected chi connectivity index (χ2v) is 6.38. The maximum Gasteiger partial charge on any atom is 0.290 e. The zero-order valence-corrected chi connectivity index (χ0v) is 13.0. The van der Waals surface area contributed by atoms with Gasteiger partial charge in [0.1, 0.15) is 11.6 Å². The van der Waals surface area contributed by atoms with Crippen LogP contribution in [-0.2, 0) is 4.79 Å². The highest BCUT2D eigenvalue weighted by molar-refractivity contribution is 5.53. The summed E-state index contributed by atoms with van der Waals surface area (Å²) in [5, 5.41) is 16.7. The van der Waals surface area contributed by atoms with Gasteiger partial charge < -0.3 is 25.7 Å². The van der Waals surface area contributed by atoms with Crippen LogP contribution in [0.2, 0.25) is 0 Å². The molecule has 1 aromatic heterocycles. The predicted octanol–water partition coefficient (Wildman–Crippen LogP) is 0.177. The molecule has 3 fully saturated rings. The molecule has 4 rings (SSSR count). The Morgan fingerprint density at radius 1 is 1.22 bits per heavy atom. The molecule has 0 radical (unpaired) electrons. The normalized spacial score (nSPS) is 28.7. The van der Waals surface area contributed by atoms with Crippen molar-refractivity contribution in [3.63, 3.8) is 0 Å². The van der Waals surface area contributed by atoms with Gasteiger partial charge in [-0.05, 0) is 25.2 Å². The van der Waals surface area contributed by atoms with E-state index in [0.29, 0.717) is 17.7 Å². The molecular weight excluding hydrogens is 298 g/mol. The molecule has 3 aliphatic rings. The average Bonchev–Trinajstić information content (AvgIpc) is 3.14. The first-order chi connectivity index (χ1) is 11.1. The van der Waals surface area contributed by atoms with Crippen LogP contribution >= 0.6 is 0 Å². The van der Waals surface area contributed by atoms with Gasteiger partial charge in [-0.3, -0.25) is 4.79 Å². The van der Waals surface area contributed by atoms with Crippen molar-refractivity contribution in [3.8, 4) is 0 Å². The van der Waals surface area contributed by atoms with E-state index in [2.05, 4.69) is 14.8 Å². The lowest BCUT2D eigenvalue weighted by molar-refractivity contribution is -0.122. The van der Waals surface area contributed by atoms with Gasteiger partial charge in [-0.2, -0.15) is 9.97 Å². The van der Waals surface area contributed by atoms with Crippen molar-refractivity contribution in [1.29, 1.82) is 0 Å². The number of carboxylic acid groups (broad SMARTS) is 1. The summed E-state index contributed by atoms with van der Waals surface area (Å²) in [6, 6.07) is 1.86. The fourth-order valence-electron chi connectivity index (χ4n) is 3.72. The lowest BCUT2D eigenvalue weighted by Gasteiger charge is -2.34. The number of aliphatic hydroxyl groups excluding tert-OH is 1. The predicted molar refractivity (Wildman–Crippen MR) is 86.4 cm³/mol. The summed E-state index contributed by atoms with van der Waals surface area (Å²) < 4.78 is 0. The molecule has 8 heteroatoms. The van der Waals surface area contributed by atoms with Crippen molar-refractivity contribution in [2.45, 2.75) is 25.4 Å². The Kier molecular flexibility index (Phi) is 4.51. The van der Waals surface area contributed by atoms with Gasteiger partial charge in [-0.1, -0.05) is 0 Å². The van der Waals surface area contributed by atoms with Crippen LogP contribution in [0, 0.1) is 11.8 Å². The molecule has 2 aliphatic heterocycles. The Hall–Kier alpha value is -2.09. The van der Waals surface area contributed by atoms with E-state index >= 15 is 0 Å². The van der Waals surface area contributed by atoms with Crippen molar-refractivity contribution in [2.24, 2.45) is 11.8 Å². The maximum atomic E-state index is 9.77. The number of nitrogens with two attached hydrogens (primary N) is 1. The molecule has 1 saturated carbocycles. The van der Waals surface area contributed by atoms with Crippen molar-refractivity contribution < 1.29 is 15.0 Å². The number of nitrogens with zero attached hydrogens (tertiary/aromatic N) is 4. The summed E-state index contributed by atoms with van der Waals surface area (Å²) in [6.07, 6.45) is 3.21. The van der Waals surface area contributed by atoms with Gasteiger partial charge >= 0.3 is 0 Å². The maximum absolute atomic E-state index is 9.77. The number of carbonyl (C=O) groups is 1. The van der Waals surface area contributed by atoms with E-state index < -0.39 is 0 Å². The van der Waals surface area contributed by atoms with Gasteiger partial charge in [0, 0.05) is 38.2 Å². The molecule has 3 heterocycles. The lowest BCUT2D eigenvalue weighted by Crippen LogP contribution is -2.39. The Balaban J connectivity index is 0.000000485. The van der Waals surface area contributed by atoms with Crippen LogP contribution in [-0.4, -0.2) is 58.9 Å². The molecule has 126 valence electrons. The number of fused-ring (bicyclic) bond motifs is 1. The fraction of sp³-hybridized carbons (Fsp3) is 0.667. The highest BCUT2D eigenvalue weighted by Crippen LogP contribution is 2.42. The SMILES string of the molecule is Nc1cc(N2C[C@H]3C[C@@H](O)[C@H]3C2)nc(N2CCCC2)n1.O=CO. The number of anilines is 3. The third kappa shape index (κ3) is 3.17. The first-order valence-electron chi connectivity index (χ1n) is 8.02. The topological polar surface area (TPSA) is 116 Å². The number of hydrogen-bond donors (Lipinski definition) is 3. The third-order valence-corrected chi connectivity index (χ3v) is 4.96. The van der Waals surface area contributed by atoms with Gasteiger partial charge in [0.15, 0.2) is 0 Å². The van der Waals surface area contributed by atoms with Gasteiger partial charge in [-0.25, -0.2) is 0 Å². The summed E-state index contributed by atoms with van der Waals surface area (Å²) in [5.41, 5.74) is 5.95. The van der Waals surface area contributed by atoms with E-state index in [0.717, 1.165) is 44.4 Å². The van der Waals surface area contributed by atoms with Gasteiger partial charge in [0.05, 0.1) is 6.10 Å². The summed E-state index contributed by atoms with van der Waals surface area (Å²) in [5.74, 6) is 3.26. The van der Waals surface area contributed by atoms with Crippen LogP contribution in [0.25, 0.3) is 0 Å². The zero-order valence-electron chi connectivity index (χ0n) is 13.0. The van der Waals surface area contributed by atoms with E-state index in [1.807, 2.05) is 6.07 Å². The van der Waals surface area contributed by atoms with Crippen LogP contribution < -0.4 is 15.5 Å². The highest BCUT2D eigenvalue weighted by atomic mass is 16.3. The van der Waals surface area contributed by atoms with E-state index in [9.17, 15) is 5.11 Å². The third-order valence-electron chi connectivity index (χ3n) is 4.96. The minimum atomic E-state index is -0.250. The van der Waals surface area contributed by atoms with Crippen LogP contribution in [0.4, 0.5) is 17.6 Å². The summed E-state index contributed by atoms with van der Waals surface area (Å²) in [4.78, 5) is 21.9. The largest absolute Gasteiger partial charge is 0.483 e. The Morgan fingerprint density at radius 2 is 1.91 bits per heavy atom. The molecule has 4 N–H and O–H groups in total. The lowest BCUT2D eigenvalue weighted by atomic mass is 9.74. The molecule has 0 bridgehead atoms. The summed E-state index contributed by atoms with van der Waals surface area (Å²) in [7, 11) is 0. The number of aromatic nitrogens is 2. The number of hydrogen-bond acceptors (Lipinski definition) is 7. The minimum Gasteiger partial charge on any atom is -0.483 e. The molecule has 3 atom stereocenters. The van der Waals surface area contributed by atoms with Crippen LogP contribution in [0.15, 0.2) is 6.07 Å². The molecule has 0 spiro atoms. The molecule has 2 saturated heterocycles. The van der Waals surface area contributed by atoms with E-state index in [1.165, 1.54) is 12.8 Å². The number of nitrogen functional groups attached to an aromatic ring is 1. The minimum absolute atomic E-state index is 0.123. The smallest absolute Gasteiger partial charge is 0.290 e. The number of aliphatic hydroxyl groups is 1. The molecule has 0 aromatic carbocycles. The van der Waals surface area contributed by atoms with Crippen molar-refractivity contribution >= 4 is 24.1 Å². The van der Waals surface area contributed by atoms with E-state index in [1.54, 1.807) is 0 Å². The summed E-state index contributed by atoms with van der Waals surface area (Å²) >= 11 is 0. The molecule has 0 amide bonds. The average molecular weight is 321 g/mol. The first-order valence-corrected chi connectivity index (χ1v) is 8.02. The monoisotopic (exact) mass is 321 g/mol. The molecule has 1 aliphatic carbocycles. The van der Waals surface area contributed by atoms with E-state index in [4.69, 9.17) is 20.6 Å². The standard InChI is InChI=1S/C14H21N5O.CH2O2/c15-12-6-13(17-14(16-12)18-3-1-2-4-18)19-7-9-5-11(20)10(9)8-19;2-1-3/h6,9-11,20H,1-5,7-8H2,(H2,15,16,17);1H,(H,2,3)/t9-,10+,11-;/m1./s1. The summed E-state index contributed by atoms with van der Waals surface area (Å²) in [6.45, 7) is 3.67. The second-order valence-electron chi connectivity index (χ2n) is 6.38. The molecule has 8 nitrogen and oxygen atoms in total. The quantitative estimate of drug-likeness (QED) is 0.661. The van der Waals surface area contributed by atoms with Gasteiger partial charge in [-0.15, -0.1) is 0 Å². The molecular formula is C15H23N5O3. The van der Waals surface area contributed by atoms with Gasteiger partial charge in [0.25, 0.3) is 6.47 Å². The Morgan fingerprint density at radius 3 is 2.52 bits per heavy atom. The zero-order chi connectivity index (χ0) is 16.4. The Labute approximate surface area is 134 Å². The first kappa shape index (κ1) is 15.8. The Bertz CT molecular complexity index is 564. The van der Waals surface area contributed by atoms with Gasteiger partial charge in [0.2, 0.25) is 5.95 Å². The van der Waals surface area contributed by atoms with Crippen LogP contribution in [0.1, 0.15) is 19.3 Å². The van der Waals surface area contributed by atoms with E-state index in [-0.39, 0.29) is 12.6 Å². The molecule has 23 heavy (non-hydrogen) atoms. The fourth-order valence-corrected chi connectivity index (χ4v) is 3.72. The van der Waals surface area contributed by atoms with Crippen LogP contribution in [0.5, 0.6) is 0 Å². The van der Waals surface area contributed by atoms with Crippen LogP contribution in [0.3, 0.4) is 0 Å². The van der Waals surface area contributed by atoms with Crippen molar-refractivity contribution in [2.75, 3.05) is 41.7 Å². The molecule has 0 unspecified atom stereocenters. The number of rotatable bonds is 2. The highest BCUT2D eigenvalue weighted by Gasteiger charge is 2.46. The van der Waals surface area contributed by atoms with Crippen molar-refractivity contribution in [3.05, 3.63) is 6.07 Å². The van der Waals surface area contributed by atoms with Crippen molar-refractivity contribution in [1.82, 2.24) is 9.97 Å².